The average Bonchev–Trinajstić information content (AvgIpc) is 2.35. The number of methoxy groups -OCH3 is 1. The number of rotatable bonds is 6. The van der Waals surface area contributed by atoms with Crippen molar-refractivity contribution in [1.82, 2.24) is 9.97 Å². The van der Waals surface area contributed by atoms with Crippen molar-refractivity contribution >= 4 is 5.95 Å². The van der Waals surface area contributed by atoms with E-state index in [-0.39, 0.29) is 0 Å². The van der Waals surface area contributed by atoms with Gasteiger partial charge in [0.05, 0.1) is 12.7 Å². The fourth-order valence-electron chi connectivity index (χ4n) is 1.47. The van der Waals surface area contributed by atoms with E-state index in [1.165, 1.54) is 0 Å². The average molecular weight is 239 g/mol. The van der Waals surface area contributed by atoms with Crippen molar-refractivity contribution in [3.05, 3.63) is 11.8 Å². The van der Waals surface area contributed by atoms with Crippen molar-refractivity contribution in [3.8, 4) is 5.88 Å². The number of aryl methyl sites for hydroxylation is 1. The summed E-state index contributed by atoms with van der Waals surface area (Å²) in [5.74, 6) is 1.01. The van der Waals surface area contributed by atoms with Gasteiger partial charge < -0.3 is 15.2 Å². The second kappa shape index (κ2) is 5.82. The molecule has 0 bridgehead atoms. The number of anilines is 1. The van der Waals surface area contributed by atoms with Crippen LogP contribution in [0.1, 0.15) is 32.4 Å². The van der Waals surface area contributed by atoms with E-state index in [4.69, 9.17) is 4.74 Å². The summed E-state index contributed by atoms with van der Waals surface area (Å²) in [7, 11) is 1.57. The van der Waals surface area contributed by atoms with Crippen LogP contribution in [0.2, 0.25) is 0 Å². The molecule has 0 fully saturated rings. The molecule has 1 heterocycles. The third-order valence-corrected chi connectivity index (χ3v) is 2.93. The Morgan fingerprint density at radius 3 is 2.53 bits per heavy atom. The molecule has 5 heteroatoms. The Hall–Kier alpha value is -1.36. The lowest BCUT2D eigenvalue weighted by molar-refractivity contribution is 0.0455. The molecular weight excluding hydrogens is 218 g/mol. The van der Waals surface area contributed by atoms with Crippen LogP contribution in [0.4, 0.5) is 5.95 Å². The molecule has 17 heavy (non-hydrogen) atoms. The number of nitrogens with one attached hydrogen (secondary N) is 1. The first-order valence-corrected chi connectivity index (χ1v) is 5.89. The van der Waals surface area contributed by atoms with E-state index >= 15 is 0 Å². The Kier molecular flexibility index (Phi) is 4.69. The van der Waals surface area contributed by atoms with Gasteiger partial charge in [0.2, 0.25) is 11.8 Å². The lowest BCUT2D eigenvalue weighted by Crippen LogP contribution is -2.35. The maximum Gasteiger partial charge on any atom is 0.226 e. The van der Waals surface area contributed by atoms with Crippen LogP contribution in [0.5, 0.6) is 5.88 Å². The second-order valence-electron chi connectivity index (χ2n) is 4.16. The summed E-state index contributed by atoms with van der Waals surface area (Å²) in [6, 6.07) is 1.76. The van der Waals surface area contributed by atoms with E-state index in [0.717, 1.165) is 5.69 Å². The number of ether oxygens (including phenoxy) is 1. The van der Waals surface area contributed by atoms with Gasteiger partial charge in [-0.05, 0) is 19.8 Å². The SMILES string of the molecule is CCC(O)(CC)CNc1nc(C)cc(OC)n1. The molecule has 0 aliphatic carbocycles. The zero-order valence-corrected chi connectivity index (χ0v) is 10.9. The zero-order chi connectivity index (χ0) is 12.9. The minimum atomic E-state index is -0.708. The summed E-state index contributed by atoms with van der Waals surface area (Å²) >= 11 is 0. The molecule has 0 aliphatic rings. The topological polar surface area (TPSA) is 67.3 Å². The first-order valence-electron chi connectivity index (χ1n) is 5.89. The van der Waals surface area contributed by atoms with E-state index < -0.39 is 5.60 Å². The summed E-state index contributed by atoms with van der Waals surface area (Å²) in [6.07, 6.45) is 1.39. The highest BCUT2D eigenvalue weighted by molar-refractivity contribution is 5.31. The summed E-state index contributed by atoms with van der Waals surface area (Å²) in [4.78, 5) is 8.41. The monoisotopic (exact) mass is 239 g/mol. The van der Waals surface area contributed by atoms with Crippen LogP contribution in [0.25, 0.3) is 0 Å². The molecule has 0 radical (unpaired) electrons. The summed E-state index contributed by atoms with van der Waals surface area (Å²) in [5.41, 5.74) is 0.122. The van der Waals surface area contributed by atoms with Crippen LogP contribution >= 0.6 is 0 Å². The van der Waals surface area contributed by atoms with Gasteiger partial charge >= 0.3 is 0 Å². The second-order valence-corrected chi connectivity index (χ2v) is 4.16. The molecule has 0 saturated carbocycles. The normalized spacial score (nSPS) is 11.4. The molecule has 0 amide bonds. The van der Waals surface area contributed by atoms with Gasteiger partial charge in [-0.1, -0.05) is 13.8 Å². The van der Waals surface area contributed by atoms with Gasteiger partial charge in [-0.15, -0.1) is 0 Å². The van der Waals surface area contributed by atoms with Gasteiger partial charge in [-0.2, -0.15) is 4.98 Å². The molecule has 1 rings (SSSR count). The minimum absolute atomic E-state index is 0.437. The Balaban J connectivity index is 2.72. The van der Waals surface area contributed by atoms with E-state index in [9.17, 15) is 5.11 Å². The number of aliphatic hydroxyl groups is 1. The first-order chi connectivity index (χ1) is 8.03. The molecule has 0 spiro atoms. The minimum Gasteiger partial charge on any atom is -0.481 e. The van der Waals surface area contributed by atoms with E-state index in [0.29, 0.717) is 31.2 Å². The van der Waals surface area contributed by atoms with Crippen LogP contribution in [0.3, 0.4) is 0 Å². The zero-order valence-electron chi connectivity index (χ0n) is 10.9. The van der Waals surface area contributed by atoms with Crippen LogP contribution < -0.4 is 10.1 Å². The van der Waals surface area contributed by atoms with Gasteiger partial charge in [-0.3, -0.25) is 0 Å². The molecule has 96 valence electrons. The molecule has 0 saturated heterocycles. The van der Waals surface area contributed by atoms with Crippen molar-refractivity contribution in [2.45, 2.75) is 39.2 Å². The van der Waals surface area contributed by atoms with Crippen molar-refractivity contribution in [2.24, 2.45) is 0 Å². The molecule has 5 nitrogen and oxygen atoms in total. The lowest BCUT2D eigenvalue weighted by Gasteiger charge is -2.25. The predicted octanol–water partition coefficient (Wildman–Crippen LogP) is 1.76. The van der Waals surface area contributed by atoms with Crippen LogP contribution in [-0.2, 0) is 0 Å². The highest BCUT2D eigenvalue weighted by atomic mass is 16.5. The van der Waals surface area contributed by atoms with Crippen LogP contribution in [0, 0.1) is 6.92 Å². The van der Waals surface area contributed by atoms with Crippen molar-refractivity contribution in [2.75, 3.05) is 19.0 Å². The van der Waals surface area contributed by atoms with Crippen LogP contribution in [0.15, 0.2) is 6.07 Å². The van der Waals surface area contributed by atoms with Crippen molar-refractivity contribution < 1.29 is 9.84 Å². The Labute approximate surface area is 102 Å². The van der Waals surface area contributed by atoms with Crippen molar-refractivity contribution in [3.63, 3.8) is 0 Å². The number of hydrogen-bond acceptors (Lipinski definition) is 5. The van der Waals surface area contributed by atoms with Gasteiger partial charge in [0.25, 0.3) is 0 Å². The smallest absolute Gasteiger partial charge is 0.226 e. The highest BCUT2D eigenvalue weighted by Gasteiger charge is 2.22. The third-order valence-electron chi connectivity index (χ3n) is 2.93. The quantitative estimate of drug-likeness (QED) is 0.791. The number of hydrogen-bond donors (Lipinski definition) is 2. The Morgan fingerprint density at radius 2 is 2.00 bits per heavy atom. The molecule has 0 aliphatic heterocycles. The molecule has 1 aromatic heterocycles. The Bertz CT molecular complexity index is 365. The first kappa shape index (κ1) is 13.7. The molecular formula is C12H21N3O2. The van der Waals surface area contributed by atoms with E-state index in [2.05, 4.69) is 15.3 Å². The molecule has 0 unspecified atom stereocenters. The van der Waals surface area contributed by atoms with Gasteiger partial charge in [0, 0.05) is 18.3 Å². The standard InChI is InChI=1S/C12H21N3O2/c1-5-12(16,6-2)8-13-11-14-9(3)7-10(15-11)17-4/h7,16H,5-6,8H2,1-4H3,(H,13,14,15). The summed E-state index contributed by atoms with van der Waals surface area (Å²) in [6.45, 7) is 6.24. The van der Waals surface area contributed by atoms with Gasteiger partial charge in [-0.25, -0.2) is 4.98 Å². The van der Waals surface area contributed by atoms with Gasteiger partial charge in [0.1, 0.15) is 0 Å². The van der Waals surface area contributed by atoms with E-state index in [1.54, 1.807) is 13.2 Å². The molecule has 1 aromatic rings. The maximum absolute atomic E-state index is 10.1. The highest BCUT2D eigenvalue weighted by Crippen LogP contribution is 2.16. The van der Waals surface area contributed by atoms with Crippen molar-refractivity contribution in [1.29, 1.82) is 0 Å². The molecule has 2 N–H and O–H groups in total. The maximum atomic E-state index is 10.1. The molecule has 0 aromatic carbocycles. The largest absolute Gasteiger partial charge is 0.481 e. The molecule has 0 atom stereocenters. The summed E-state index contributed by atoms with van der Waals surface area (Å²) in [5, 5.41) is 13.2. The lowest BCUT2D eigenvalue weighted by atomic mass is 9.98. The fraction of sp³-hybridized carbons (Fsp3) is 0.667. The summed E-state index contributed by atoms with van der Waals surface area (Å²) < 4.78 is 5.07. The predicted molar refractivity (Wildman–Crippen MR) is 67.3 cm³/mol. The van der Waals surface area contributed by atoms with Gasteiger partial charge in [0.15, 0.2) is 0 Å². The van der Waals surface area contributed by atoms with Crippen LogP contribution in [-0.4, -0.2) is 34.3 Å². The fourth-order valence-corrected chi connectivity index (χ4v) is 1.47. The number of aromatic nitrogens is 2. The van der Waals surface area contributed by atoms with E-state index in [1.807, 2.05) is 20.8 Å². The third kappa shape index (κ3) is 3.85. The number of nitrogens with zero attached hydrogens (tertiary/aromatic N) is 2. The Morgan fingerprint density at radius 1 is 1.35 bits per heavy atom.